The summed E-state index contributed by atoms with van der Waals surface area (Å²) in [6.07, 6.45) is 0.638. The maximum absolute atomic E-state index is 14.1. The quantitative estimate of drug-likeness (QED) is 0.410. The molecule has 1 atom stereocenters. The fourth-order valence-corrected chi connectivity index (χ4v) is 5.29. The van der Waals surface area contributed by atoms with E-state index in [9.17, 15) is 4.57 Å². The first-order chi connectivity index (χ1) is 13.0. The molecule has 0 spiro atoms. The van der Waals surface area contributed by atoms with E-state index in [4.69, 9.17) is 9.05 Å². The molecule has 140 valence electrons. The molecule has 0 heterocycles. The van der Waals surface area contributed by atoms with Gasteiger partial charge in [-0.25, -0.2) is 4.57 Å². The Kier molecular flexibility index (Phi) is 6.03. The van der Waals surface area contributed by atoms with E-state index in [1.807, 2.05) is 99.6 Å². The van der Waals surface area contributed by atoms with Crippen LogP contribution in [-0.2, 0) is 4.57 Å². The highest BCUT2D eigenvalue weighted by Crippen LogP contribution is 2.62. The SMILES string of the molecule is CCC(c1ccccc1)P(=O)(Oc1ccccc1C)Oc1ccccc1C. The van der Waals surface area contributed by atoms with Gasteiger partial charge in [0.15, 0.2) is 0 Å². The third kappa shape index (κ3) is 4.43. The normalized spacial score (nSPS) is 12.4. The minimum absolute atomic E-state index is 0.363. The summed E-state index contributed by atoms with van der Waals surface area (Å²) < 4.78 is 26.4. The third-order valence-electron chi connectivity index (χ3n) is 4.59. The molecule has 3 aromatic carbocycles. The molecule has 0 aliphatic rings. The molecule has 0 fully saturated rings. The van der Waals surface area contributed by atoms with Gasteiger partial charge in [-0.1, -0.05) is 73.7 Å². The summed E-state index contributed by atoms with van der Waals surface area (Å²) in [5.41, 5.74) is 2.44. The van der Waals surface area contributed by atoms with Crippen LogP contribution in [0.25, 0.3) is 0 Å². The zero-order valence-electron chi connectivity index (χ0n) is 16.0. The van der Waals surface area contributed by atoms with Crippen molar-refractivity contribution in [1.82, 2.24) is 0 Å². The van der Waals surface area contributed by atoms with E-state index >= 15 is 0 Å². The minimum atomic E-state index is -3.55. The van der Waals surface area contributed by atoms with Crippen molar-refractivity contribution in [3.8, 4) is 11.5 Å². The number of benzene rings is 3. The molecule has 3 rings (SSSR count). The molecular weight excluding hydrogens is 355 g/mol. The van der Waals surface area contributed by atoms with Gasteiger partial charge >= 0.3 is 7.60 Å². The zero-order chi connectivity index (χ0) is 19.3. The third-order valence-corrected chi connectivity index (χ3v) is 6.92. The van der Waals surface area contributed by atoms with Crippen LogP contribution in [0.2, 0.25) is 0 Å². The number of hydrogen-bond donors (Lipinski definition) is 0. The zero-order valence-corrected chi connectivity index (χ0v) is 16.9. The molecule has 3 nitrogen and oxygen atoms in total. The molecule has 0 aromatic heterocycles. The summed E-state index contributed by atoms with van der Waals surface area (Å²) in [6.45, 7) is 5.89. The topological polar surface area (TPSA) is 35.5 Å². The van der Waals surface area contributed by atoms with E-state index in [2.05, 4.69) is 0 Å². The molecule has 0 saturated heterocycles. The van der Waals surface area contributed by atoms with Crippen molar-refractivity contribution < 1.29 is 13.6 Å². The van der Waals surface area contributed by atoms with Crippen molar-refractivity contribution in [2.75, 3.05) is 0 Å². The van der Waals surface area contributed by atoms with Crippen LogP contribution in [0.3, 0.4) is 0 Å². The highest BCUT2D eigenvalue weighted by atomic mass is 31.2. The van der Waals surface area contributed by atoms with E-state index in [1.54, 1.807) is 0 Å². The molecule has 3 aromatic rings. The van der Waals surface area contributed by atoms with Crippen molar-refractivity contribution in [3.05, 3.63) is 95.6 Å². The van der Waals surface area contributed by atoms with Crippen molar-refractivity contribution in [1.29, 1.82) is 0 Å². The van der Waals surface area contributed by atoms with Crippen LogP contribution < -0.4 is 9.05 Å². The first-order valence-electron chi connectivity index (χ1n) is 9.18. The van der Waals surface area contributed by atoms with Crippen LogP contribution in [-0.4, -0.2) is 0 Å². The first kappa shape index (κ1) is 19.3. The monoisotopic (exact) mass is 380 g/mol. The lowest BCUT2D eigenvalue weighted by Gasteiger charge is -2.28. The fourth-order valence-electron chi connectivity index (χ4n) is 3.05. The highest BCUT2D eigenvalue weighted by Gasteiger charge is 2.39. The summed E-state index contributed by atoms with van der Waals surface area (Å²) in [7, 11) is -3.55. The lowest BCUT2D eigenvalue weighted by Crippen LogP contribution is -2.11. The second kappa shape index (κ2) is 8.45. The summed E-state index contributed by atoms with van der Waals surface area (Å²) in [5.74, 6) is 1.17. The Morgan fingerprint density at radius 1 is 0.741 bits per heavy atom. The molecule has 0 aliphatic carbocycles. The van der Waals surface area contributed by atoms with Gasteiger partial charge < -0.3 is 9.05 Å². The lowest BCUT2D eigenvalue weighted by molar-refractivity contribution is 0.368. The smallest absolute Gasteiger partial charge is 0.415 e. The van der Waals surface area contributed by atoms with Gasteiger partial charge in [0.1, 0.15) is 17.2 Å². The van der Waals surface area contributed by atoms with Crippen LogP contribution in [0, 0.1) is 13.8 Å². The van der Waals surface area contributed by atoms with E-state index in [0.29, 0.717) is 17.9 Å². The Balaban J connectivity index is 2.06. The van der Waals surface area contributed by atoms with E-state index < -0.39 is 7.60 Å². The van der Waals surface area contributed by atoms with Crippen LogP contribution in [0.15, 0.2) is 78.9 Å². The Labute approximate surface area is 161 Å². The lowest BCUT2D eigenvalue weighted by atomic mass is 10.1. The maximum Gasteiger partial charge on any atom is 0.438 e. The number of para-hydroxylation sites is 2. The van der Waals surface area contributed by atoms with E-state index in [0.717, 1.165) is 16.7 Å². The Morgan fingerprint density at radius 2 is 1.19 bits per heavy atom. The van der Waals surface area contributed by atoms with Gasteiger partial charge in [-0.2, -0.15) is 0 Å². The van der Waals surface area contributed by atoms with Crippen LogP contribution in [0.1, 0.15) is 35.7 Å². The van der Waals surface area contributed by atoms with Crippen molar-refractivity contribution in [3.63, 3.8) is 0 Å². The van der Waals surface area contributed by atoms with E-state index in [-0.39, 0.29) is 5.66 Å². The fraction of sp³-hybridized carbons (Fsp3) is 0.217. The largest absolute Gasteiger partial charge is 0.438 e. The average Bonchev–Trinajstić information content (AvgIpc) is 2.67. The summed E-state index contributed by atoms with van der Waals surface area (Å²) in [4.78, 5) is 0. The van der Waals surface area contributed by atoms with Gasteiger partial charge in [-0.3, -0.25) is 0 Å². The van der Waals surface area contributed by atoms with Gasteiger partial charge in [0, 0.05) is 0 Å². The molecule has 0 radical (unpaired) electrons. The van der Waals surface area contributed by atoms with Crippen LogP contribution in [0.4, 0.5) is 0 Å². The molecule has 0 N–H and O–H groups in total. The standard InChI is InChI=1S/C23H25O3P/c1-4-23(20-14-6-5-7-15-20)27(24,25-21-16-10-8-12-18(21)2)26-22-17-11-9-13-19(22)3/h5-17,23H,4H2,1-3H3. The summed E-state index contributed by atoms with van der Waals surface area (Å²) >= 11 is 0. The number of aryl methyl sites for hydroxylation is 2. The Morgan fingerprint density at radius 3 is 1.63 bits per heavy atom. The highest BCUT2D eigenvalue weighted by molar-refractivity contribution is 7.55. The average molecular weight is 380 g/mol. The first-order valence-corrected chi connectivity index (χ1v) is 10.8. The van der Waals surface area contributed by atoms with Gasteiger partial charge in [0.25, 0.3) is 0 Å². The molecule has 0 bridgehead atoms. The minimum Gasteiger partial charge on any atom is -0.415 e. The summed E-state index contributed by atoms with van der Waals surface area (Å²) in [5, 5.41) is 0. The predicted molar refractivity (Wildman–Crippen MR) is 111 cm³/mol. The molecule has 4 heteroatoms. The maximum atomic E-state index is 14.1. The molecule has 1 unspecified atom stereocenters. The van der Waals surface area contributed by atoms with Gasteiger partial charge in [-0.05, 0) is 49.1 Å². The van der Waals surface area contributed by atoms with Crippen molar-refractivity contribution in [2.24, 2.45) is 0 Å². The predicted octanol–water partition coefficient (Wildman–Crippen LogP) is 7.11. The van der Waals surface area contributed by atoms with Crippen LogP contribution >= 0.6 is 7.60 Å². The van der Waals surface area contributed by atoms with Crippen molar-refractivity contribution >= 4 is 7.60 Å². The summed E-state index contributed by atoms with van der Waals surface area (Å²) in [6, 6.07) is 25.0. The second-order valence-electron chi connectivity index (χ2n) is 6.59. The van der Waals surface area contributed by atoms with Crippen LogP contribution in [0.5, 0.6) is 11.5 Å². The van der Waals surface area contributed by atoms with E-state index in [1.165, 1.54) is 0 Å². The molecule has 0 amide bonds. The Bertz CT molecular complexity index is 886. The second-order valence-corrected chi connectivity index (χ2v) is 8.66. The molecule has 27 heavy (non-hydrogen) atoms. The number of hydrogen-bond acceptors (Lipinski definition) is 3. The molecule has 0 aliphatic heterocycles. The molecule has 0 saturated carbocycles. The van der Waals surface area contributed by atoms with Gasteiger partial charge in [0.05, 0.1) is 0 Å². The van der Waals surface area contributed by atoms with Gasteiger partial charge in [0.2, 0.25) is 0 Å². The van der Waals surface area contributed by atoms with Gasteiger partial charge in [-0.15, -0.1) is 0 Å². The Hall–Kier alpha value is -2.51. The molecular formula is C23H25O3P. The van der Waals surface area contributed by atoms with Crippen molar-refractivity contribution in [2.45, 2.75) is 32.9 Å². The number of rotatable bonds is 7.